The van der Waals surface area contributed by atoms with Crippen LogP contribution < -0.4 is 14.8 Å². The summed E-state index contributed by atoms with van der Waals surface area (Å²) in [5.41, 5.74) is 0.683. The molecule has 4 aromatic rings. The van der Waals surface area contributed by atoms with Gasteiger partial charge in [0.2, 0.25) is 0 Å². The molecule has 0 bridgehead atoms. The zero-order valence-electron chi connectivity index (χ0n) is 16.3. The second-order valence-corrected chi connectivity index (χ2v) is 9.33. The van der Waals surface area contributed by atoms with Crippen LogP contribution in [0.15, 0.2) is 77.3 Å². The minimum Gasteiger partial charge on any atom is -0.470 e. The van der Waals surface area contributed by atoms with E-state index < -0.39 is 15.9 Å². The fraction of sp³-hybridized carbons (Fsp3) is 0.0500. The predicted molar refractivity (Wildman–Crippen MR) is 122 cm³/mol. The van der Waals surface area contributed by atoms with Crippen LogP contribution in [0.4, 0.5) is 10.8 Å². The smallest absolute Gasteiger partial charge is 0.274 e. The average Bonchev–Trinajstić information content (AvgIpc) is 3.45. The molecule has 0 unspecified atom stereocenters. The topological polar surface area (TPSA) is 115 Å². The van der Waals surface area contributed by atoms with Crippen molar-refractivity contribution in [2.45, 2.75) is 11.6 Å². The van der Waals surface area contributed by atoms with Crippen LogP contribution in [0.3, 0.4) is 0 Å². The van der Waals surface area contributed by atoms with E-state index >= 15 is 0 Å². The number of para-hydroxylation sites is 1. The van der Waals surface area contributed by atoms with Crippen LogP contribution in [-0.4, -0.2) is 29.1 Å². The normalized spacial score (nSPS) is 11.2. The van der Waals surface area contributed by atoms with Crippen molar-refractivity contribution in [3.05, 3.63) is 83.1 Å². The fourth-order valence-electron chi connectivity index (χ4n) is 2.68. The Bertz CT molecular complexity index is 1320. The van der Waals surface area contributed by atoms with Gasteiger partial charge in [-0.3, -0.25) is 9.52 Å². The number of amides is 1. The number of aromatic nitrogens is 3. The minimum absolute atomic E-state index is 0.0148. The van der Waals surface area contributed by atoms with E-state index in [1.807, 2.05) is 0 Å². The third kappa shape index (κ3) is 5.07. The summed E-state index contributed by atoms with van der Waals surface area (Å²) in [6, 6.07) is 14.3. The molecule has 1 amide bonds. The molecular weight excluding hydrogens is 474 g/mol. The Morgan fingerprint density at radius 3 is 2.59 bits per heavy atom. The Kier molecular flexibility index (Phi) is 6.40. The molecular formula is C20H16ClN5O4S2. The highest BCUT2D eigenvalue weighted by atomic mass is 35.5. The summed E-state index contributed by atoms with van der Waals surface area (Å²) in [5.74, 6) is 0.0426. The Morgan fingerprint density at radius 2 is 1.88 bits per heavy atom. The molecule has 0 aliphatic rings. The molecule has 32 heavy (non-hydrogen) atoms. The molecule has 2 N–H and O–H groups in total. The number of rotatable bonds is 8. The van der Waals surface area contributed by atoms with Crippen LogP contribution in [0, 0.1) is 0 Å². The Hall–Kier alpha value is -3.41. The van der Waals surface area contributed by atoms with Gasteiger partial charge in [-0.05, 0) is 42.5 Å². The van der Waals surface area contributed by atoms with E-state index in [9.17, 15) is 13.2 Å². The maximum absolute atomic E-state index is 12.7. The van der Waals surface area contributed by atoms with E-state index in [-0.39, 0.29) is 22.5 Å². The van der Waals surface area contributed by atoms with Crippen LogP contribution in [0.1, 0.15) is 10.5 Å². The average molecular weight is 490 g/mol. The number of halogens is 1. The van der Waals surface area contributed by atoms with Gasteiger partial charge in [0.25, 0.3) is 15.9 Å². The molecule has 2 heterocycles. The van der Waals surface area contributed by atoms with E-state index in [2.05, 4.69) is 20.1 Å². The third-order valence-corrected chi connectivity index (χ3v) is 6.69. The summed E-state index contributed by atoms with van der Waals surface area (Å²) in [6.45, 7) is -0.0148. The van der Waals surface area contributed by atoms with E-state index in [4.69, 9.17) is 16.3 Å². The predicted octanol–water partition coefficient (Wildman–Crippen LogP) is 4.08. The van der Waals surface area contributed by atoms with Crippen molar-refractivity contribution in [1.82, 2.24) is 14.8 Å². The van der Waals surface area contributed by atoms with Crippen molar-refractivity contribution in [3.8, 4) is 5.75 Å². The first-order valence-electron chi connectivity index (χ1n) is 9.15. The van der Waals surface area contributed by atoms with Crippen LogP contribution in [0.25, 0.3) is 0 Å². The molecule has 0 aliphatic heterocycles. The van der Waals surface area contributed by atoms with Crippen molar-refractivity contribution < 1.29 is 17.9 Å². The van der Waals surface area contributed by atoms with Crippen LogP contribution in [0.2, 0.25) is 5.02 Å². The van der Waals surface area contributed by atoms with Crippen LogP contribution in [-0.2, 0) is 16.8 Å². The van der Waals surface area contributed by atoms with Crippen molar-refractivity contribution in [1.29, 1.82) is 0 Å². The maximum atomic E-state index is 12.7. The number of nitrogens with one attached hydrogen (secondary N) is 2. The number of ether oxygens (including phenoxy) is 1. The third-order valence-electron chi connectivity index (χ3n) is 4.20. The minimum atomic E-state index is -3.77. The maximum Gasteiger partial charge on any atom is 0.274 e. The highest BCUT2D eigenvalue weighted by molar-refractivity contribution is 7.93. The molecule has 4 rings (SSSR count). The lowest BCUT2D eigenvalue weighted by atomic mass is 10.3. The highest BCUT2D eigenvalue weighted by Gasteiger charge is 2.17. The van der Waals surface area contributed by atoms with E-state index in [0.717, 1.165) is 0 Å². The number of carbonyl (C=O) groups excluding carboxylic acids is 1. The molecule has 2 aromatic heterocycles. The molecule has 0 atom stereocenters. The van der Waals surface area contributed by atoms with Crippen molar-refractivity contribution >= 4 is 49.7 Å². The largest absolute Gasteiger partial charge is 0.470 e. The molecule has 0 fully saturated rings. The first-order valence-corrected chi connectivity index (χ1v) is 11.9. The second-order valence-electron chi connectivity index (χ2n) is 6.34. The van der Waals surface area contributed by atoms with Gasteiger partial charge in [0, 0.05) is 23.5 Å². The van der Waals surface area contributed by atoms with Gasteiger partial charge in [0.05, 0.1) is 9.92 Å². The molecule has 0 radical (unpaired) electrons. The van der Waals surface area contributed by atoms with Gasteiger partial charge in [-0.15, -0.1) is 11.3 Å². The summed E-state index contributed by atoms with van der Waals surface area (Å²) in [7, 11) is -3.77. The molecule has 2 aromatic carbocycles. The van der Waals surface area contributed by atoms with Gasteiger partial charge in [0.1, 0.15) is 11.4 Å². The van der Waals surface area contributed by atoms with E-state index in [0.29, 0.717) is 16.5 Å². The number of carbonyl (C=O) groups is 1. The molecule has 164 valence electrons. The molecule has 0 saturated heterocycles. The van der Waals surface area contributed by atoms with Gasteiger partial charge in [-0.2, -0.15) is 5.10 Å². The quantitative estimate of drug-likeness (QED) is 0.385. The lowest BCUT2D eigenvalue weighted by molar-refractivity contribution is 0.100. The van der Waals surface area contributed by atoms with Gasteiger partial charge in [0.15, 0.2) is 11.9 Å². The number of thiazole rings is 1. The zero-order valence-corrected chi connectivity index (χ0v) is 18.7. The summed E-state index contributed by atoms with van der Waals surface area (Å²) in [5, 5.41) is 9.20. The summed E-state index contributed by atoms with van der Waals surface area (Å²) in [4.78, 5) is 16.6. The van der Waals surface area contributed by atoms with Crippen molar-refractivity contribution in [3.63, 3.8) is 0 Å². The molecule has 9 nitrogen and oxygen atoms in total. The standard InChI is InChI=1S/C20H16ClN5O4S2/c21-16-3-1-2-4-18(16)30-13-26-17(9-10-23-26)19(27)24-14-5-7-15(8-6-14)32(28,29)25-20-22-11-12-31-20/h1-12H,13H2,(H,22,25)(H,24,27). The number of hydrogen-bond donors (Lipinski definition) is 2. The highest BCUT2D eigenvalue weighted by Crippen LogP contribution is 2.24. The van der Waals surface area contributed by atoms with Gasteiger partial charge < -0.3 is 10.1 Å². The fourth-order valence-corrected chi connectivity index (χ4v) is 4.66. The summed E-state index contributed by atoms with van der Waals surface area (Å²) in [6.07, 6.45) is 2.98. The molecule has 0 aliphatic carbocycles. The number of anilines is 2. The molecule has 0 saturated carbocycles. The molecule has 12 heteroatoms. The van der Waals surface area contributed by atoms with Crippen LogP contribution >= 0.6 is 22.9 Å². The van der Waals surface area contributed by atoms with Gasteiger partial charge >= 0.3 is 0 Å². The van der Waals surface area contributed by atoms with E-state index in [1.165, 1.54) is 52.7 Å². The Labute approximate surface area is 192 Å². The second kappa shape index (κ2) is 9.39. The molecule has 0 spiro atoms. The van der Waals surface area contributed by atoms with Crippen molar-refractivity contribution in [2.24, 2.45) is 0 Å². The number of hydrogen-bond acceptors (Lipinski definition) is 7. The summed E-state index contributed by atoms with van der Waals surface area (Å²) >= 11 is 7.25. The first-order chi connectivity index (χ1) is 15.4. The monoisotopic (exact) mass is 489 g/mol. The summed E-state index contributed by atoms with van der Waals surface area (Å²) < 4.78 is 34.2. The zero-order chi connectivity index (χ0) is 22.6. The van der Waals surface area contributed by atoms with E-state index in [1.54, 1.807) is 35.7 Å². The van der Waals surface area contributed by atoms with Gasteiger partial charge in [-0.25, -0.2) is 18.1 Å². The number of nitrogens with zero attached hydrogens (tertiary/aromatic N) is 3. The van der Waals surface area contributed by atoms with Crippen molar-refractivity contribution in [2.75, 3.05) is 10.0 Å². The number of sulfonamides is 1. The lowest BCUT2D eigenvalue weighted by Gasteiger charge is -2.11. The first kappa shape index (κ1) is 21.8. The Morgan fingerprint density at radius 1 is 1.09 bits per heavy atom. The number of benzene rings is 2. The van der Waals surface area contributed by atoms with Crippen LogP contribution in [0.5, 0.6) is 5.75 Å². The lowest BCUT2D eigenvalue weighted by Crippen LogP contribution is -2.20. The SMILES string of the molecule is O=C(Nc1ccc(S(=O)(=O)Nc2nccs2)cc1)c1ccnn1COc1ccccc1Cl. The Balaban J connectivity index is 1.41. The van der Waals surface area contributed by atoms with Gasteiger partial charge in [-0.1, -0.05) is 23.7 Å².